The van der Waals surface area contributed by atoms with Crippen LogP contribution < -0.4 is 16.3 Å². The summed E-state index contributed by atoms with van der Waals surface area (Å²) in [6, 6.07) is 25.8. The molecule has 0 saturated heterocycles. The van der Waals surface area contributed by atoms with Crippen molar-refractivity contribution >= 4 is 46.4 Å². The Kier molecular flexibility index (Phi) is 4.81. The summed E-state index contributed by atoms with van der Waals surface area (Å²) in [5.74, 6) is 0.272. The zero-order valence-corrected chi connectivity index (χ0v) is 17.9. The number of benzene rings is 3. The quantitative estimate of drug-likeness (QED) is 0.411. The number of hydrogen-bond donors (Lipinski definition) is 1. The average molecular weight is 446 g/mol. The molecule has 0 radical (unpaired) electrons. The molecule has 5 aromatic rings. The molecule has 152 valence electrons. The van der Waals surface area contributed by atoms with Gasteiger partial charge >= 0.3 is 0 Å². The van der Waals surface area contributed by atoms with Gasteiger partial charge in [-0.3, -0.25) is 4.57 Å². The van der Waals surface area contributed by atoms with Crippen molar-refractivity contribution in [1.29, 1.82) is 0 Å². The molecule has 5 rings (SSSR count). The number of halogens is 1. The van der Waals surface area contributed by atoms with Gasteiger partial charge in [0.2, 0.25) is 0 Å². The van der Waals surface area contributed by atoms with Gasteiger partial charge in [0, 0.05) is 21.2 Å². The van der Waals surface area contributed by atoms with Gasteiger partial charge in [-0.1, -0.05) is 60.1 Å². The van der Waals surface area contributed by atoms with E-state index < -0.39 is 7.29 Å². The summed E-state index contributed by atoms with van der Waals surface area (Å²) in [7, 11) is -3.42. The number of rotatable bonds is 4. The van der Waals surface area contributed by atoms with Crippen LogP contribution in [0.2, 0.25) is 5.02 Å². The Morgan fingerprint density at radius 1 is 0.806 bits per heavy atom. The SMILES string of the molecule is Nc1ncnc2c1c(-c1ccc(Cl)cc1)nn2P(=O)(c1ccccc1)c1ccccc1. The van der Waals surface area contributed by atoms with Crippen LogP contribution in [0, 0.1) is 0 Å². The molecular weight excluding hydrogens is 429 g/mol. The van der Waals surface area contributed by atoms with E-state index in [2.05, 4.69) is 9.97 Å². The second-order valence-electron chi connectivity index (χ2n) is 6.95. The Bertz CT molecular complexity index is 1380. The van der Waals surface area contributed by atoms with Crippen LogP contribution in [0.15, 0.2) is 91.3 Å². The summed E-state index contributed by atoms with van der Waals surface area (Å²) >= 11 is 6.07. The maximum atomic E-state index is 14.8. The Morgan fingerprint density at radius 3 is 1.97 bits per heavy atom. The summed E-state index contributed by atoms with van der Waals surface area (Å²) in [6.07, 6.45) is 1.36. The lowest BCUT2D eigenvalue weighted by atomic mass is 10.1. The van der Waals surface area contributed by atoms with Crippen molar-refractivity contribution < 1.29 is 4.57 Å². The molecule has 0 unspecified atom stereocenters. The number of fused-ring (bicyclic) bond motifs is 1. The molecule has 6 nitrogen and oxygen atoms in total. The van der Waals surface area contributed by atoms with E-state index in [1.165, 1.54) is 10.8 Å². The van der Waals surface area contributed by atoms with Gasteiger partial charge in [-0.2, -0.15) is 9.55 Å². The molecule has 0 aliphatic carbocycles. The Labute approximate surface area is 183 Å². The fourth-order valence-electron chi connectivity index (χ4n) is 3.59. The molecule has 2 heterocycles. The second-order valence-corrected chi connectivity index (χ2v) is 9.95. The molecule has 2 N–H and O–H groups in total. The van der Waals surface area contributed by atoms with Gasteiger partial charge in [0.15, 0.2) is 5.65 Å². The van der Waals surface area contributed by atoms with Crippen LogP contribution in [0.1, 0.15) is 0 Å². The number of anilines is 1. The van der Waals surface area contributed by atoms with Crippen molar-refractivity contribution in [3.8, 4) is 11.3 Å². The third-order valence-electron chi connectivity index (χ3n) is 5.07. The van der Waals surface area contributed by atoms with Crippen molar-refractivity contribution in [3.63, 3.8) is 0 Å². The van der Waals surface area contributed by atoms with E-state index in [0.29, 0.717) is 32.4 Å². The van der Waals surface area contributed by atoms with Crippen molar-refractivity contribution in [1.82, 2.24) is 19.5 Å². The molecular formula is C23H17ClN5OP. The number of nitrogens with two attached hydrogens (primary N) is 1. The minimum Gasteiger partial charge on any atom is -0.383 e. The van der Waals surface area contributed by atoms with Crippen molar-refractivity contribution in [2.75, 3.05) is 5.73 Å². The first-order chi connectivity index (χ1) is 15.1. The molecule has 0 aliphatic heterocycles. The smallest absolute Gasteiger partial charge is 0.250 e. The normalized spacial score (nSPS) is 11.6. The lowest BCUT2D eigenvalue weighted by Gasteiger charge is -2.20. The summed E-state index contributed by atoms with van der Waals surface area (Å²) < 4.78 is 16.3. The highest BCUT2D eigenvalue weighted by atomic mass is 35.5. The van der Waals surface area contributed by atoms with E-state index in [0.717, 1.165) is 5.56 Å². The van der Waals surface area contributed by atoms with Crippen LogP contribution >= 0.6 is 18.9 Å². The largest absolute Gasteiger partial charge is 0.383 e. The number of aromatic nitrogens is 4. The molecule has 0 fully saturated rings. The number of nitrogens with zero attached hydrogens (tertiary/aromatic N) is 4. The van der Waals surface area contributed by atoms with Crippen LogP contribution in [-0.2, 0) is 4.57 Å². The molecule has 2 aromatic heterocycles. The molecule has 0 amide bonds. The molecule has 31 heavy (non-hydrogen) atoms. The highest BCUT2D eigenvalue weighted by molar-refractivity contribution is 7.77. The van der Waals surface area contributed by atoms with Crippen LogP contribution in [-0.4, -0.2) is 19.5 Å². The topological polar surface area (TPSA) is 86.7 Å². The van der Waals surface area contributed by atoms with Crippen LogP contribution in [0.25, 0.3) is 22.3 Å². The maximum Gasteiger partial charge on any atom is 0.250 e. The minimum atomic E-state index is -3.42. The predicted octanol–water partition coefficient (Wildman–Crippen LogP) is 4.51. The van der Waals surface area contributed by atoms with Gasteiger partial charge in [-0.15, -0.1) is 0 Å². The molecule has 8 heteroatoms. The molecule has 0 aliphatic rings. The zero-order valence-electron chi connectivity index (χ0n) is 16.3. The van der Waals surface area contributed by atoms with Gasteiger partial charge < -0.3 is 5.73 Å². The van der Waals surface area contributed by atoms with Gasteiger partial charge in [-0.25, -0.2) is 9.97 Å². The lowest BCUT2D eigenvalue weighted by Crippen LogP contribution is -2.22. The summed E-state index contributed by atoms with van der Waals surface area (Å²) in [5.41, 5.74) is 7.98. The predicted molar refractivity (Wildman–Crippen MR) is 125 cm³/mol. The van der Waals surface area contributed by atoms with Crippen molar-refractivity contribution in [3.05, 3.63) is 96.3 Å². The monoisotopic (exact) mass is 445 g/mol. The first-order valence-corrected chi connectivity index (χ1v) is 11.6. The second kappa shape index (κ2) is 7.65. The van der Waals surface area contributed by atoms with Gasteiger partial charge in [0.05, 0.1) is 5.39 Å². The standard InChI is InChI=1S/C23H17ClN5OP/c24-17-13-11-16(12-14-17)21-20-22(25)26-15-27-23(20)29(28-21)31(30,18-7-3-1-4-8-18)19-9-5-2-6-10-19/h1-15H,(H2,25,26,27). The number of nitrogen functional groups attached to an aromatic ring is 1. The zero-order chi connectivity index (χ0) is 21.4. The van der Waals surface area contributed by atoms with Gasteiger partial charge in [-0.05, 0) is 36.4 Å². The molecule has 0 spiro atoms. The third-order valence-corrected chi connectivity index (χ3v) is 8.13. The van der Waals surface area contributed by atoms with E-state index in [1.54, 1.807) is 12.1 Å². The highest BCUT2D eigenvalue weighted by Crippen LogP contribution is 2.48. The van der Waals surface area contributed by atoms with Gasteiger partial charge in [0.25, 0.3) is 7.29 Å². The van der Waals surface area contributed by atoms with E-state index >= 15 is 0 Å². The van der Waals surface area contributed by atoms with Crippen LogP contribution in [0.5, 0.6) is 0 Å². The Hall–Kier alpha value is -3.47. The maximum absolute atomic E-state index is 14.8. The van der Waals surface area contributed by atoms with Crippen LogP contribution in [0.4, 0.5) is 5.82 Å². The highest BCUT2D eigenvalue weighted by Gasteiger charge is 2.34. The summed E-state index contributed by atoms with van der Waals surface area (Å²) in [4.78, 5) is 8.58. The summed E-state index contributed by atoms with van der Waals surface area (Å²) in [5, 5.41) is 7.25. The van der Waals surface area contributed by atoms with Gasteiger partial charge in [0.1, 0.15) is 17.8 Å². The van der Waals surface area contributed by atoms with Crippen molar-refractivity contribution in [2.45, 2.75) is 0 Å². The Morgan fingerprint density at radius 2 is 1.39 bits per heavy atom. The molecule has 0 bridgehead atoms. The van der Waals surface area contributed by atoms with Crippen molar-refractivity contribution in [2.24, 2.45) is 0 Å². The first-order valence-electron chi connectivity index (χ1n) is 9.56. The molecule has 0 atom stereocenters. The summed E-state index contributed by atoms with van der Waals surface area (Å²) in [6.45, 7) is 0. The first kappa shape index (κ1) is 19.5. The average Bonchev–Trinajstić information content (AvgIpc) is 3.22. The number of hydrogen-bond acceptors (Lipinski definition) is 5. The minimum absolute atomic E-state index is 0.272. The molecule has 0 saturated carbocycles. The van der Waals surface area contributed by atoms with E-state index in [1.807, 2.05) is 72.8 Å². The van der Waals surface area contributed by atoms with E-state index in [9.17, 15) is 4.57 Å². The third kappa shape index (κ3) is 3.21. The molecule has 3 aromatic carbocycles. The Balaban J connectivity index is 1.88. The lowest BCUT2D eigenvalue weighted by molar-refractivity contribution is 0.578. The van der Waals surface area contributed by atoms with Crippen LogP contribution in [0.3, 0.4) is 0 Å². The fourth-order valence-corrected chi connectivity index (χ4v) is 6.24. The van der Waals surface area contributed by atoms with E-state index in [-0.39, 0.29) is 5.82 Å². The van der Waals surface area contributed by atoms with E-state index in [4.69, 9.17) is 22.4 Å². The fraction of sp³-hybridized carbons (Fsp3) is 0.